The van der Waals surface area contributed by atoms with Gasteiger partial charge in [-0.05, 0) is 74.5 Å². The second-order valence-electron chi connectivity index (χ2n) is 9.49. The van der Waals surface area contributed by atoms with Crippen molar-refractivity contribution in [2.45, 2.75) is 76.8 Å². The Morgan fingerprint density at radius 3 is 2.54 bits per heavy atom. The van der Waals surface area contributed by atoms with Crippen LogP contribution in [0.15, 0.2) is 11.6 Å². The molecular formula is C21H32O5. The summed E-state index contributed by atoms with van der Waals surface area (Å²) in [5, 5.41) is 39.4. The molecule has 0 heterocycles. The monoisotopic (exact) mass is 364 g/mol. The maximum absolute atomic E-state index is 12.3. The first kappa shape index (κ1) is 18.6. The molecule has 26 heavy (non-hydrogen) atoms. The molecule has 0 amide bonds. The van der Waals surface area contributed by atoms with Gasteiger partial charge in [-0.3, -0.25) is 0 Å². The van der Waals surface area contributed by atoms with Crippen molar-refractivity contribution in [3.63, 3.8) is 0 Å². The van der Waals surface area contributed by atoms with Crippen molar-refractivity contribution in [2.75, 3.05) is 0 Å². The summed E-state index contributed by atoms with van der Waals surface area (Å²) >= 11 is 0. The van der Waals surface area contributed by atoms with Crippen molar-refractivity contribution in [3.05, 3.63) is 11.6 Å². The molecule has 0 spiro atoms. The smallest absolute Gasteiger partial charge is 0.178 e. The summed E-state index contributed by atoms with van der Waals surface area (Å²) < 4.78 is 0. The third kappa shape index (κ3) is 2.47. The Morgan fingerprint density at radius 2 is 1.85 bits per heavy atom. The molecule has 146 valence electrons. The Hall–Kier alpha value is -0.750. The lowest BCUT2D eigenvalue weighted by Crippen LogP contribution is -2.54. The number of fused-ring (bicyclic) bond motifs is 5. The highest BCUT2D eigenvalue weighted by atomic mass is 16.5. The second kappa shape index (κ2) is 6.40. The van der Waals surface area contributed by atoms with Gasteiger partial charge in [-0.15, -0.1) is 0 Å². The van der Waals surface area contributed by atoms with Crippen LogP contribution in [0.4, 0.5) is 0 Å². The van der Waals surface area contributed by atoms with Crippen LogP contribution in [0.1, 0.15) is 58.3 Å². The molecule has 8 atom stereocenters. The quantitative estimate of drug-likeness (QED) is 0.348. The van der Waals surface area contributed by atoms with Gasteiger partial charge in [0.05, 0.1) is 6.10 Å². The zero-order valence-electron chi connectivity index (χ0n) is 15.6. The van der Waals surface area contributed by atoms with Crippen LogP contribution in [-0.4, -0.2) is 45.2 Å². The van der Waals surface area contributed by atoms with Crippen LogP contribution >= 0.6 is 0 Å². The fourth-order valence-corrected chi connectivity index (χ4v) is 7.41. The summed E-state index contributed by atoms with van der Waals surface area (Å²) in [5.74, 6) is 0.827. The molecule has 0 bridgehead atoms. The SMILES string of the molecule is C[C@]12CCC(O)C=C1CC[C@H]1[C@@H]3CC[C@H](C(O)C(O)O)[C@@]3(C=O)CC[C@@H]12. The predicted molar refractivity (Wildman–Crippen MR) is 95.8 cm³/mol. The lowest BCUT2D eigenvalue weighted by Gasteiger charge is -2.58. The van der Waals surface area contributed by atoms with E-state index < -0.39 is 17.8 Å². The van der Waals surface area contributed by atoms with E-state index in [0.29, 0.717) is 18.3 Å². The van der Waals surface area contributed by atoms with Crippen molar-refractivity contribution >= 4 is 6.29 Å². The molecule has 0 aliphatic heterocycles. The van der Waals surface area contributed by atoms with Crippen LogP contribution in [0.25, 0.3) is 0 Å². The molecule has 4 aliphatic carbocycles. The van der Waals surface area contributed by atoms with E-state index in [2.05, 4.69) is 13.0 Å². The Balaban J connectivity index is 1.65. The number of aliphatic hydroxyl groups is 4. The third-order valence-corrected chi connectivity index (χ3v) is 8.68. The Morgan fingerprint density at radius 1 is 1.08 bits per heavy atom. The van der Waals surface area contributed by atoms with Crippen molar-refractivity contribution in [1.82, 2.24) is 0 Å². The lowest BCUT2D eigenvalue weighted by molar-refractivity contribution is -0.170. The molecule has 0 aromatic rings. The molecule has 4 N–H and O–H groups in total. The summed E-state index contributed by atoms with van der Waals surface area (Å²) in [6.07, 6.45) is 6.82. The highest BCUT2D eigenvalue weighted by molar-refractivity contribution is 5.62. The normalized spacial score (nSPS) is 49.0. The first-order chi connectivity index (χ1) is 12.3. The average Bonchev–Trinajstić information content (AvgIpc) is 3.01. The molecule has 5 heteroatoms. The molecule has 3 fully saturated rings. The summed E-state index contributed by atoms with van der Waals surface area (Å²) in [7, 11) is 0. The van der Waals surface area contributed by atoms with Crippen molar-refractivity contribution in [1.29, 1.82) is 0 Å². The first-order valence-electron chi connectivity index (χ1n) is 10.2. The Bertz CT molecular complexity index is 601. The topological polar surface area (TPSA) is 98.0 Å². The van der Waals surface area contributed by atoms with Crippen LogP contribution in [0.3, 0.4) is 0 Å². The van der Waals surface area contributed by atoms with Gasteiger partial charge < -0.3 is 25.2 Å². The van der Waals surface area contributed by atoms with Gasteiger partial charge >= 0.3 is 0 Å². The van der Waals surface area contributed by atoms with E-state index >= 15 is 0 Å². The maximum Gasteiger partial charge on any atom is 0.178 e. The van der Waals surface area contributed by atoms with Crippen LogP contribution < -0.4 is 0 Å². The predicted octanol–water partition coefficient (Wildman–Crippen LogP) is 1.78. The highest BCUT2D eigenvalue weighted by Crippen LogP contribution is 2.66. The van der Waals surface area contributed by atoms with Crippen molar-refractivity contribution in [3.8, 4) is 0 Å². The molecule has 0 radical (unpaired) electrons. The second-order valence-corrected chi connectivity index (χ2v) is 9.49. The Labute approximate surface area is 155 Å². The van der Waals surface area contributed by atoms with Crippen LogP contribution in [-0.2, 0) is 4.79 Å². The Kier molecular flexibility index (Phi) is 4.58. The first-order valence-corrected chi connectivity index (χ1v) is 10.2. The van der Waals surface area contributed by atoms with Gasteiger partial charge in [-0.25, -0.2) is 0 Å². The van der Waals surface area contributed by atoms with Gasteiger partial charge in [-0.1, -0.05) is 18.6 Å². The number of hydrogen-bond donors (Lipinski definition) is 4. The molecule has 4 rings (SSSR count). The molecule has 5 nitrogen and oxygen atoms in total. The molecule has 0 aromatic carbocycles. The van der Waals surface area contributed by atoms with Crippen LogP contribution in [0, 0.1) is 34.5 Å². The third-order valence-electron chi connectivity index (χ3n) is 8.68. The van der Waals surface area contributed by atoms with E-state index in [-0.39, 0.29) is 23.4 Å². The minimum atomic E-state index is -1.79. The molecule has 0 aromatic heterocycles. The highest BCUT2D eigenvalue weighted by Gasteiger charge is 2.62. The van der Waals surface area contributed by atoms with Gasteiger partial charge in [0.25, 0.3) is 0 Å². The summed E-state index contributed by atoms with van der Waals surface area (Å²) in [6.45, 7) is 2.34. The molecule has 0 saturated heterocycles. The van der Waals surface area contributed by atoms with Crippen molar-refractivity contribution in [2.24, 2.45) is 34.5 Å². The number of rotatable bonds is 3. The summed E-state index contributed by atoms with van der Waals surface area (Å²) in [4.78, 5) is 12.3. The summed E-state index contributed by atoms with van der Waals surface area (Å²) in [5.41, 5.74) is 0.900. The summed E-state index contributed by atoms with van der Waals surface area (Å²) in [6, 6.07) is 0. The lowest BCUT2D eigenvalue weighted by atomic mass is 9.46. The number of aldehydes is 1. The molecule has 4 aliphatic rings. The molecule has 3 saturated carbocycles. The van der Waals surface area contributed by atoms with Crippen molar-refractivity contribution < 1.29 is 25.2 Å². The largest absolute Gasteiger partial charge is 0.389 e. The maximum atomic E-state index is 12.3. The standard InChI is InChI=1S/C21H32O5/c1-20-8-6-13(23)10-12(20)2-3-14-15(20)7-9-21(11-22)16(14)4-5-17(21)18(24)19(25)26/h10-11,13-19,23-26H,2-9H2,1H3/t13?,14-,15+,16+,17-,18?,20+,21-/m1/s1. The van der Waals surface area contributed by atoms with E-state index in [1.807, 2.05) is 0 Å². The number of carbonyl (C=O) groups excluding carboxylic acids is 1. The van der Waals surface area contributed by atoms with Gasteiger partial charge in [-0.2, -0.15) is 0 Å². The van der Waals surface area contributed by atoms with Gasteiger partial charge in [0.15, 0.2) is 6.29 Å². The fraction of sp³-hybridized carbons (Fsp3) is 0.857. The average molecular weight is 364 g/mol. The zero-order valence-corrected chi connectivity index (χ0v) is 15.6. The minimum absolute atomic E-state index is 0.115. The van der Waals surface area contributed by atoms with Gasteiger partial charge in [0.1, 0.15) is 12.4 Å². The number of allylic oxidation sites excluding steroid dienone is 1. The van der Waals surface area contributed by atoms with E-state index in [1.165, 1.54) is 5.57 Å². The van der Waals surface area contributed by atoms with Gasteiger partial charge in [0.2, 0.25) is 0 Å². The minimum Gasteiger partial charge on any atom is -0.389 e. The number of aliphatic hydroxyl groups excluding tert-OH is 3. The number of carbonyl (C=O) groups is 1. The zero-order chi connectivity index (χ0) is 18.7. The van der Waals surface area contributed by atoms with E-state index in [4.69, 9.17) is 0 Å². The van der Waals surface area contributed by atoms with E-state index in [9.17, 15) is 25.2 Å². The molecular weight excluding hydrogens is 332 g/mol. The van der Waals surface area contributed by atoms with E-state index in [0.717, 1.165) is 51.2 Å². The molecule has 2 unspecified atom stereocenters. The van der Waals surface area contributed by atoms with Gasteiger partial charge in [0, 0.05) is 11.3 Å². The van der Waals surface area contributed by atoms with Crippen LogP contribution in [0.2, 0.25) is 0 Å². The fourth-order valence-electron chi connectivity index (χ4n) is 7.41. The van der Waals surface area contributed by atoms with Crippen LogP contribution in [0.5, 0.6) is 0 Å². The number of hydrogen-bond acceptors (Lipinski definition) is 5. The van der Waals surface area contributed by atoms with E-state index in [1.54, 1.807) is 0 Å².